The molecular formula is C16H28N4O2. The molecular weight excluding hydrogens is 280 g/mol. The van der Waals surface area contributed by atoms with Crippen LogP contribution in [0.5, 0.6) is 0 Å². The van der Waals surface area contributed by atoms with Gasteiger partial charge in [0.2, 0.25) is 0 Å². The number of carbonyl (C=O) groups excluding carboxylic acids is 1. The van der Waals surface area contributed by atoms with Gasteiger partial charge in [-0.25, -0.2) is 4.79 Å². The van der Waals surface area contributed by atoms with Crippen molar-refractivity contribution >= 4 is 6.03 Å². The highest BCUT2D eigenvalue weighted by Crippen LogP contribution is 2.23. The summed E-state index contributed by atoms with van der Waals surface area (Å²) >= 11 is 0. The van der Waals surface area contributed by atoms with Crippen LogP contribution in [0.4, 0.5) is 4.79 Å². The summed E-state index contributed by atoms with van der Waals surface area (Å²) in [6.45, 7) is 5.61. The number of hydrogen-bond acceptors (Lipinski definition) is 3. The van der Waals surface area contributed by atoms with Gasteiger partial charge in [0.25, 0.3) is 0 Å². The van der Waals surface area contributed by atoms with Crippen molar-refractivity contribution in [2.75, 3.05) is 13.2 Å². The van der Waals surface area contributed by atoms with E-state index < -0.39 is 0 Å². The van der Waals surface area contributed by atoms with Crippen LogP contribution in [0.2, 0.25) is 0 Å². The lowest BCUT2D eigenvalue weighted by Gasteiger charge is -2.30. The standard InChI is InChI=1S/C16H28N4O2/c1-12-10-13(2)20(19-12)9-5-8-17-16(22)18-15-7-4-3-6-14(15)11-21/h10,14-15,21H,3-9,11H2,1-2H3,(H2,17,18,22). The van der Waals surface area contributed by atoms with Gasteiger partial charge in [0.1, 0.15) is 0 Å². The van der Waals surface area contributed by atoms with Gasteiger partial charge in [0.15, 0.2) is 0 Å². The Kier molecular flexibility index (Phi) is 6.24. The Balaban J connectivity index is 1.66. The molecule has 0 bridgehead atoms. The first kappa shape index (κ1) is 16.8. The number of aliphatic hydroxyl groups is 1. The Morgan fingerprint density at radius 3 is 2.86 bits per heavy atom. The van der Waals surface area contributed by atoms with Crippen LogP contribution in [0, 0.1) is 19.8 Å². The summed E-state index contributed by atoms with van der Waals surface area (Å²) in [7, 11) is 0. The zero-order valence-electron chi connectivity index (χ0n) is 13.6. The van der Waals surface area contributed by atoms with E-state index in [2.05, 4.69) is 21.8 Å². The summed E-state index contributed by atoms with van der Waals surface area (Å²) in [5, 5.41) is 19.7. The van der Waals surface area contributed by atoms with Crippen molar-refractivity contribution in [2.45, 2.75) is 58.5 Å². The molecule has 1 aromatic heterocycles. The Morgan fingerprint density at radius 2 is 2.18 bits per heavy atom. The number of aliphatic hydroxyl groups excluding tert-OH is 1. The monoisotopic (exact) mass is 308 g/mol. The number of rotatable bonds is 6. The number of aromatic nitrogens is 2. The highest BCUT2D eigenvalue weighted by Gasteiger charge is 2.25. The van der Waals surface area contributed by atoms with Crippen LogP contribution in [-0.4, -0.2) is 40.1 Å². The summed E-state index contributed by atoms with van der Waals surface area (Å²) in [4.78, 5) is 11.9. The molecule has 0 radical (unpaired) electrons. The molecule has 3 N–H and O–H groups in total. The average molecular weight is 308 g/mol. The molecule has 1 aromatic rings. The Hall–Kier alpha value is -1.56. The van der Waals surface area contributed by atoms with Crippen molar-refractivity contribution in [3.8, 4) is 0 Å². The Bertz CT molecular complexity index is 486. The molecule has 1 saturated carbocycles. The molecule has 124 valence electrons. The lowest BCUT2D eigenvalue weighted by molar-refractivity contribution is 0.153. The number of urea groups is 1. The molecule has 1 fully saturated rings. The molecule has 2 unspecified atom stereocenters. The van der Waals surface area contributed by atoms with Crippen LogP contribution in [0.15, 0.2) is 6.07 Å². The molecule has 0 aromatic carbocycles. The largest absolute Gasteiger partial charge is 0.396 e. The molecule has 2 rings (SSSR count). The molecule has 1 aliphatic carbocycles. The first-order valence-electron chi connectivity index (χ1n) is 8.26. The van der Waals surface area contributed by atoms with E-state index in [1.165, 1.54) is 0 Å². The van der Waals surface area contributed by atoms with Crippen LogP contribution < -0.4 is 10.6 Å². The summed E-state index contributed by atoms with van der Waals surface area (Å²) in [6.07, 6.45) is 5.08. The molecule has 0 saturated heterocycles. The highest BCUT2D eigenvalue weighted by molar-refractivity contribution is 5.74. The Labute approximate surface area is 132 Å². The van der Waals surface area contributed by atoms with E-state index in [1.54, 1.807) is 0 Å². The van der Waals surface area contributed by atoms with Crippen LogP contribution in [0.25, 0.3) is 0 Å². The fraction of sp³-hybridized carbons (Fsp3) is 0.750. The third-order valence-electron chi connectivity index (χ3n) is 4.40. The number of carbonyl (C=O) groups is 1. The van der Waals surface area contributed by atoms with E-state index in [0.29, 0.717) is 6.54 Å². The first-order chi connectivity index (χ1) is 10.6. The fourth-order valence-corrected chi connectivity index (χ4v) is 3.17. The molecule has 2 amide bonds. The lowest BCUT2D eigenvalue weighted by atomic mass is 9.85. The first-order valence-corrected chi connectivity index (χ1v) is 8.26. The quantitative estimate of drug-likeness (QED) is 0.700. The van der Waals surface area contributed by atoms with Gasteiger partial charge in [0, 0.05) is 37.4 Å². The topological polar surface area (TPSA) is 79.2 Å². The summed E-state index contributed by atoms with van der Waals surface area (Å²) in [5.74, 6) is 0.203. The summed E-state index contributed by atoms with van der Waals surface area (Å²) < 4.78 is 1.97. The van der Waals surface area contributed by atoms with Crippen LogP contribution >= 0.6 is 0 Å². The van der Waals surface area contributed by atoms with Gasteiger partial charge >= 0.3 is 6.03 Å². The second-order valence-corrected chi connectivity index (χ2v) is 6.24. The van der Waals surface area contributed by atoms with Crippen molar-refractivity contribution in [3.05, 3.63) is 17.5 Å². The fourth-order valence-electron chi connectivity index (χ4n) is 3.17. The minimum atomic E-state index is -0.126. The number of nitrogens with zero attached hydrogens (tertiary/aromatic N) is 2. The SMILES string of the molecule is Cc1cc(C)n(CCCNC(=O)NC2CCCCC2CO)n1. The number of nitrogens with one attached hydrogen (secondary N) is 2. The van der Waals surface area contributed by atoms with E-state index >= 15 is 0 Å². The molecule has 22 heavy (non-hydrogen) atoms. The third-order valence-corrected chi connectivity index (χ3v) is 4.40. The maximum atomic E-state index is 11.9. The van der Waals surface area contributed by atoms with E-state index in [0.717, 1.165) is 50.0 Å². The van der Waals surface area contributed by atoms with Gasteiger partial charge in [-0.3, -0.25) is 4.68 Å². The number of hydrogen-bond donors (Lipinski definition) is 3. The van der Waals surface area contributed by atoms with Crippen molar-refractivity contribution in [3.63, 3.8) is 0 Å². The van der Waals surface area contributed by atoms with Gasteiger partial charge in [-0.15, -0.1) is 0 Å². The van der Waals surface area contributed by atoms with Crippen molar-refractivity contribution in [2.24, 2.45) is 5.92 Å². The normalized spacial score (nSPS) is 21.6. The summed E-state index contributed by atoms with van der Waals surface area (Å²) in [6, 6.07) is 2.03. The third kappa shape index (κ3) is 4.73. The molecule has 0 aliphatic heterocycles. The lowest BCUT2D eigenvalue weighted by Crippen LogP contribution is -2.47. The van der Waals surface area contributed by atoms with Crippen LogP contribution in [0.3, 0.4) is 0 Å². The Morgan fingerprint density at radius 1 is 1.41 bits per heavy atom. The maximum Gasteiger partial charge on any atom is 0.315 e. The predicted molar refractivity (Wildman–Crippen MR) is 85.7 cm³/mol. The minimum absolute atomic E-state index is 0.106. The predicted octanol–water partition coefficient (Wildman–Crippen LogP) is 1.74. The zero-order chi connectivity index (χ0) is 15.9. The highest BCUT2D eigenvalue weighted by atomic mass is 16.3. The van der Waals surface area contributed by atoms with Crippen molar-refractivity contribution in [1.82, 2.24) is 20.4 Å². The molecule has 6 nitrogen and oxygen atoms in total. The van der Waals surface area contributed by atoms with E-state index in [9.17, 15) is 9.90 Å². The minimum Gasteiger partial charge on any atom is -0.396 e. The van der Waals surface area contributed by atoms with Crippen molar-refractivity contribution in [1.29, 1.82) is 0 Å². The maximum absolute atomic E-state index is 11.9. The number of aryl methyl sites for hydroxylation is 3. The zero-order valence-corrected chi connectivity index (χ0v) is 13.6. The van der Waals surface area contributed by atoms with Crippen molar-refractivity contribution < 1.29 is 9.90 Å². The van der Waals surface area contributed by atoms with Gasteiger partial charge in [-0.2, -0.15) is 5.10 Å². The van der Waals surface area contributed by atoms with Gasteiger partial charge < -0.3 is 15.7 Å². The second kappa shape index (κ2) is 8.17. The van der Waals surface area contributed by atoms with Gasteiger partial charge in [-0.05, 0) is 39.2 Å². The van der Waals surface area contributed by atoms with E-state index in [-0.39, 0.29) is 24.6 Å². The molecule has 6 heteroatoms. The van der Waals surface area contributed by atoms with E-state index in [1.807, 2.05) is 18.5 Å². The second-order valence-electron chi connectivity index (χ2n) is 6.24. The van der Waals surface area contributed by atoms with Gasteiger partial charge in [0.05, 0.1) is 5.69 Å². The molecule has 1 aliphatic rings. The molecule has 0 spiro atoms. The van der Waals surface area contributed by atoms with Crippen LogP contribution in [0.1, 0.15) is 43.5 Å². The molecule has 2 atom stereocenters. The van der Waals surface area contributed by atoms with E-state index in [4.69, 9.17) is 0 Å². The summed E-state index contributed by atoms with van der Waals surface area (Å²) in [5.41, 5.74) is 2.17. The average Bonchev–Trinajstić information content (AvgIpc) is 2.82. The smallest absolute Gasteiger partial charge is 0.315 e. The molecule has 1 heterocycles. The van der Waals surface area contributed by atoms with Crippen LogP contribution in [-0.2, 0) is 6.54 Å². The van der Waals surface area contributed by atoms with Gasteiger partial charge in [-0.1, -0.05) is 12.8 Å². The number of amides is 2.